The molecule has 1 unspecified atom stereocenters. The van der Waals surface area contributed by atoms with Crippen LogP contribution >= 0.6 is 0 Å². The maximum atomic E-state index is 5.48. The minimum Gasteiger partial charge on any atom is -0.496 e. The number of benzene rings is 2. The van der Waals surface area contributed by atoms with E-state index in [0.29, 0.717) is 0 Å². The smallest absolute Gasteiger partial charge is 0.127 e. The van der Waals surface area contributed by atoms with Crippen molar-refractivity contribution < 1.29 is 9.47 Å². The number of hydrogen-bond acceptors (Lipinski definition) is 3. The Labute approximate surface area is 113 Å². The molecule has 2 aromatic rings. The van der Waals surface area contributed by atoms with Crippen molar-refractivity contribution in [1.82, 2.24) is 0 Å². The van der Waals surface area contributed by atoms with Crippen molar-refractivity contribution in [2.24, 2.45) is 0 Å². The molecule has 2 aromatic carbocycles. The van der Waals surface area contributed by atoms with E-state index in [1.54, 1.807) is 14.2 Å². The maximum Gasteiger partial charge on any atom is 0.127 e. The fraction of sp³-hybridized carbons (Fsp3) is 0.250. The van der Waals surface area contributed by atoms with Crippen molar-refractivity contribution in [1.29, 1.82) is 0 Å². The molecular weight excluding hydrogens is 238 g/mol. The van der Waals surface area contributed by atoms with Gasteiger partial charge in [0.25, 0.3) is 0 Å². The van der Waals surface area contributed by atoms with Gasteiger partial charge in [-0.15, -0.1) is 0 Å². The van der Waals surface area contributed by atoms with Gasteiger partial charge >= 0.3 is 0 Å². The topological polar surface area (TPSA) is 30.5 Å². The molecule has 1 heterocycles. The summed E-state index contributed by atoms with van der Waals surface area (Å²) in [5.74, 6) is 1.73. The molecule has 0 radical (unpaired) electrons. The zero-order valence-electron chi connectivity index (χ0n) is 11.1. The first-order chi connectivity index (χ1) is 9.33. The largest absolute Gasteiger partial charge is 0.496 e. The molecule has 19 heavy (non-hydrogen) atoms. The van der Waals surface area contributed by atoms with E-state index in [1.165, 1.54) is 11.3 Å². The molecule has 0 saturated heterocycles. The van der Waals surface area contributed by atoms with E-state index in [-0.39, 0.29) is 6.04 Å². The van der Waals surface area contributed by atoms with Crippen LogP contribution in [0.15, 0.2) is 42.5 Å². The summed E-state index contributed by atoms with van der Waals surface area (Å²) in [5, 5.41) is 3.54. The van der Waals surface area contributed by atoms with Crippen molar-refractivity contribution in [2.75, 3.05) is 19.5 Å². The van der Waals surface area contributed by atoms with E-state index < -0.39 is 0 Å². The Bertz CT molecular complexity index is 548. The van der Waals surface area contributed by atoms with Gasteiger partial charge < -0.3 is 14.8 Å². The number of hydrogen-bond donors (Lipinski definition) is 1. The highest BCUT2D eigenvalue weighted by Gasteiger charge is 2.26. The van der Waals surface area contributed by atoms with Crippen LogP contribution in [0.1, 0.15) is 17.2 Å². The van der Waals surface area contributed by atoms with Crippen LogP contribution in [0.4, 0.5) is 5.69 Å². The molecular formula is C16H17NO2. The SMILES string of the molecule is COc1cccc(OC)c1C1Cc2ccccc2N1. The number of methoxy groups -OCH3 is 2. The first-order valence-electron chi connectivity index (χ1n) is 6.39. The monoisotopic (exact) mass is 255 g/mol. The third-order valence-corrected chi connectivity index (χ3v) is 3.59. The number of ether oxygens (including phenoxy) is 2. The lowest BCUT2D eigenvalue weighted by Gasteiger charge is -2.18. The molecule has 0 saturated carbocycles. The lowest BCUT2D eigenvalue weighted by atomic mass is 10.0. The van der Waals surface area contributed by atoms with Crippen LogP contribution in [-0.4, -0.2) is 14.2 Å². The Hall–Kier alpha value is -2.16. The van der Waals surface area contributed by atoms with Gasteiger partial charge in [0.1, 0.15) is 11.5 Å². The lowest BCUT2D eigenvalue weighted by molar-refractivity contribution is 0.381. The minimum atomic E-state index is 0.198. The lowest BCUT2D eigenvalue weighted by Crippen LogP contribution is -2.09. The van der Waals surface area contributed by atoms with Crippen LogP contribution in [0.3, 0.4) is 0 Å². The van der Waals surface area contributed by atoms with E-state index in [9.17, 15) is 0 Å². The molecule has 0 bridgehead atoms. The molecule has 0 spiro atoms. The van der Waals surface area contributed by atoms with Gasteiger partial charge in [-0.1, -0.05) is 24.3 Å². The summed E-state index contributed by atoms with van der Waals surface area (Å²) in [5.41, 5.74) is 3.62. The summed E-state index contributed by atoms with van der Waals surface area (Å²) < 4.78 is 11.0. The molecule has 3 heteroatoms. The van der Waals surface area contributed by atoms with Crippen LogP contribution in [0, 0.1) is 0 Å². The second kappa shape index (κ2) is 4.84. The average Bonchev–Trinajstić information content (AvgIpc) is 2.89. The first kappa shape index (κ1) is 11.9. The minimum absolute atomic E-state index is 0.198. The van der Waals surface area contributed by atoms with E-state index >= 15 is 0 Å². The Morgan fingerprint density at radius 2 is 1.63 bits per heavy atom. The molecule has 1 aliphatic heterocycles. The zero-order valence-corrected chi connectivity index (χ0v) is 11.1. The van der Waals surface area contributed by atoms with Crippen LogP contribution in [0.5, 0.6) is 11.5 Å². The molecule has 3 nitrogen and oxygen atoms in total. The second-order valence-corrected chi connectivity index (χ2v) is 4.63. The molecule has 3 rings (SSSR count). The predicted molar refractivity (Wildman–Crippen MR) is 76.1 cm³/mol. The molecule has 1 atom stereocenters. The molecule has 0 fully saturated rings. The zero-order chi connectivity index (χ0) is 13.2. The highest BCUT2D eigenvalue weighted by atomic mass is 16.5. The molecule has 0 aliphatic carbocycles. The summed E-state index contributed by atoms with van der Waals surface area (Å²) in [6.07, 6.45) is 0.951. The summed E-state index contributed by atoms with van der Waals surface area (Å²) in [7, 11) is 3.39. The molecule has 0 amide bonds. The fourth-order valence-electron chi connectivity index (χ4n) is 2.70. The molecule has 98 valence electrons. The number of anilines is 1. The number of fused-ring (bicyclic) bond motifs is 1. The first-order valence-corrected chi connectivity index (χ1v) is 6.39. The van der Waals surface area contributed by atoms with E-state index in [4.69, 9.17) is 9.47 Å². The Morgan fingerprint density at radius 1 is 0.947 bits per heavy atom. The van der Waals surface area contributed by atoms with Crippen molar-refractivity contribution in [2.45, 2.75) is 12.5 Å². The number of rotatable bonds is 3. The molecule has 0 aromatic heterocycles. The Morgan fingerprint density at radius 3 is 2.26 bits per heavy atom. The van der Waals surface area contributed by atoms with Crippen LogP contribution in [0.2, 0.25) is 0 Å². The summed E-state index contributed by atoms with van der Waals surface area (Å²) >= 11 is 0. The number of para-hydroxylation sites is 1. The van der Waals surface area contributed by atoms with Gasteiger partial charge in [0.2, 0.25) is 0 Å². The summed E-state index contributed by atoms with van der Waals surface area (Å²) in [4.78, 5) is 0. The second-order valence-electron chi connectivity index (χ2n) is 4.63. The van der Waals surface area contributed by atoms with E-state index in [1.807, 2.05) is 24.3 Å². The van der Waals surface area contributed by atoms with Crippen LogP contribution < -0.4 is 14.8 Å². The van der Waals surface area contributed by atoms with Gasteiger partial charge in [-0.3, -0.25) is 0 Å². The fourth-order valence-corrected chi connectivity index (χ4v) is 2.70. The van der Waals surface area contributed by atoms with Crippen LogP contribution in [-0.2, 0) is 6.42 Å². The van der Waals surface area contributed by atoms with Gasteiger partial charge in [-0.05, 0) is 30.2 Å². The van der Waals surface area contributed by atoms with Crippen molar-refractivity contribution in [3.05, 3.63) is 53.6 Å². The standard InChI is InChI=1S/C16H17NO2/c1-18-14-8-5-9-15(19-2)16(14)13-10-11-6-3-4-7-12(11)17-13/h3-9,13,17H,10H2,1-2H3. The Balaban J connectivity index is 2.01. The third kappa shape index (κ3) is 2.01. The summed E-state index contributed by atoms with van der Waals surface area (Å²) in [6, 6.07) is 14.5. The van der Waals surface area contributed by atoms with Gasteiger partial charge in [-0.25, -0.2) is 0 Å². The Kier molecular flexibility index (Phi) is 3.03. The van der Waals surface area contributed by atoms with Gasteiger partial charge in [0, 0.05) is 5.69 Å². The van der Waals surface area contributed by atoms with Crippen molar-refractivity contribution in [3.8, 4) is 11.5 Å². The highest BCUT2D eigenvalue weighted by molar-refractivity contribution is 5.61. The van der Waals surface area contributed by atoms with Crippen molar-refractivity contribution in [3.63, 3.8) is 0 Å². The quantitative estimate of drug-likeness (QED) is 0.911. The number of nitrogens with one attached hydrogen (secondary N) is 1. The van der Waals surface area contributed by atoms with Crippen molar-refractivity contribution >= 4 is 5.69 Å². The van der Waals surface area contributed by atoms with Gasteiger partial charge in [0.05, 0.1) is 25.8 Å². The highest BCUT2D eigenvalue weighted by Crippen LogP contribution is 2.41. The van der Waals surface area contributed by atoms with Gasteiger partial charge in [-0.2, -0.15) is 0 Å². The summed E-state index contributed by atoms with van der Waals surface area (Å²) in [6.45, 7) is 0. The van der Waals surface area contributed by atoms with E-state index in [0.717, 1.165) is 23.5 Å². The van der Waals surface area contributed by atoms with Crippen LogP contribution in [0.25, 0.3) is 0 Å². The normalized spacial score (nSPS) is 16.6. The van der Waals surface area contributed by atoms with Gasteiger partial charge in [0.15, 0.2) is 0 Å². The molecule has 1 N–H and O–H groups in total. The average molecular weight is 255 g/mol. The predicted octanol–water partition coefficient (Wildman–Crippen LogP) is 3.41. The third-order valence-electron chi connectivity index (χ3n) is 3.59. The molecule has 1 aliphatic rings. The maximum absolute atomic E-state index is 5.48. The van der Waals surface area contributed by atoms with E-state index in [2.05, 4.69) is 23.5 Å².